The highest BCUT2D eigenvalue weighted by atomic mass is 32.1. The summed E-state index contributed by atoms with van der Waals surface area (Å²) in [5.41, 5.74) is 9.78. The van der Waals surface area contributed by atoms with E-state index in [9.17, 15) is 0 Å². The Morgan fingerprint density at radius 2 is 0.689 bits per heavy atom. The van der Waals surface area contributed by atoms with Crippen LogP contribution < -0.4 is 5.46 Å². The zero-order valence-corrected chi connectivity index (χ0v) is 42.0. The zero-order valence-electron chi connectivity index (χ0n) is 41.2. The first kappa shape index (κ1) is 45.3. The lowest BCUT2D eigenvalue weighted by Gasteiger charge is -2.32. The molecule has 12 aromatic rings. The minimum Gasteiger partial charge on any atom is -0.399 e. The fraction of sp³-hybridized carbons (Fsp3) is 0.0938. The molecule has 0 unspecified atom stereocenters. The van der Waals surface area contributed by atoms with Crippen molar-refractivity contribution in [1.82, 2.24) is 29.9 Å². The van der Waals surface area contributed by atoms with Gasteiger partial charge in [0.1, 0.15) is 0 Å². The highest BCUT2D eigenvalue weighted by Crippen LogP contribution is 2.50. The fourth-order valence-corrected chi connectivity index (χ4v) is 11.2. The summed E-state index contributed by atoms with van der Waals surface area (Å²) < 4.78 is 15.4. The van der Waals surface area contributed by atoms with Gasteiger partial charge in [-0.25, -0.2) is 29.9 Å². The molecule has 1 fully saturated rings. The molecule has 0 spiro atoms. The predicted molar refractivity (Wildman–Crippen MR) is 303 cm³/mol. The molecular formula is C64H47BN6O2S. The molecular weight excluding hydrogens is 928 g/mol. The lowest BCUT2D eigenvalue weighted by Crippen LogP contribution is -2.41. The largest absolute Gasteiger partial charge is 0.494 e. The van der Waals surface area contributed by atoms with Crippen LogP contribution in [0.15, 0.2) is 212 Å². The van der Waals surface area contributed by atoms with E-state index in [1.165, 1.54) is 20.2 Å². The Morgan fingerprint density at radius 3 is 1.18 bits per heavy atom. The first-order valence-corrected chi connectivity index (χ1v) is 25.7. The van der Waals surface area contributed by atoms with Gasteiger partial charge in [0.15, 0.2) is 34.9 Å². The maximum atomic E-state index is 6.47. The summed E-state index contributed by atoms with van der Waals surface area (Å²) in [4.78, 5) is 30.7. The summed E-state index contributed by atoms with van der Waals surface area (Å²) in [5.74, 6) is 3.58. The number of hydrogen-bond donors (Lipinski definition) is 0. The van der Waals surface area contributed by atoms with E-state index < -0.39 is 18.3 Å². The van der Waals surface area contributed by atoms with Crippen molar-refractivity contribution >= 4 is 54.9 Å². The number of nitrogens with zero attached hydrogens (tertiary/aromatic N) is 6. The van der Waals surface area contributed by atoms with Crippen LogP contribution in [-0.2, 0) is 9.31 Å². The average molecular weight is 975 g/mol. The van der Waals surface area contributed by atoms with Crippen LogP contribution in [0.4, 0.5) is 0 Å². The molecule has 0 saturated carbocycles. The molecule has 74 heavy (non-hydrogen) atoms. The monoisotopic (exact) mass is 974 g/mol. The van der Waals surface area contributed by atoms with E-state index in [0.29, 0.717) is 34.9 Å². The van der Waals surface area contributed by atoms with Crippen molar-refractivity contribution in [3.63, 3.8) is 0 Å². The molecule has 354 valence electrons. The Labute approximate surface area is 433 Å². The molecule has 3 aromatic heterocycles. The molecule has 1 aliphatic heterocycles. The molecule has 8 nitrogen and oxygen atoms in total. The summed E-state index contributed by atoms with van der Waals surface area (Å²) in [5, 5.41) is 4.68. The molecule has 9 aromatic carbocycles. The minimum absolute atomic E-state index is 0.477. The maximum Gasteiger partial charge on any atom is 0.494 e. The fourth-order valence-electron chi connectivity index (χ4n) is 9.95. The molecule has 13 rings (SSSR count). The number of aromatic nitrogens is 6. The third-order valence-electron chi connectivity index (χ3n) is 14.4. The van der Waals surface area contributed by atoms with Crippen LogP contribution in [0, 0.1) is 0 Å². The van der Waals surface area contributed by atoms with Crippen LogP contribution in [0.25, 0.3) is 122 Å². The van der Waals surface area contributed by atoms with Gasteiger partial charge in [-0.15, -0.1) is 11.3 Å². The second-order valence-corrected chi connectivity index (χ2v) is 20.7. The van der Waals surface area contributed by atoms with Gasteiger partial charge in [0.05, 0.1) is 11.2 Å². The molecule has 0 atom stereocenters. The summed E-state index contributed by atoms with van der Waals surface area (Å²) >= 11 is 1.82. The first-order chi connectivity index (χ1) is 36.1. The van der Waals surface area contributed by atoms with E-state index >= 15 is 0 Å². The third-order valence-corrected chi connectivity index (χ3v) is 15.6. The standard InChI is InChI=1S/C64H47BN6O2S/c1-63(2)64(3,4)73-65(72-63)48-32-20-31-47(39-48)62-70-59(42-25-12-7-13-26-42)69-61(71-62)46-30-19-28-44(38-46)54-50-34-15-14-33-49(50)53(55-51-35-16-17-36-52(51)74-56(54)55)43-27-18-29-45(37-43)60-67-57(40-21-8-5-9-22-40)66-58(68-60)41-23-10-6-11-24-41/h5-39H,1-4H3. The topological polar surface area (TPSA) is 95.8 Å². The van der Waals surface area contributed by atoms with Crippen molar-refractivity contribution in [3.05, 3.63) is 212 Å². The second kappa shape index (κ2) is 18.2. The van der Waals surface area contributed by atoms with Crippen LogP contribution >= 0.6 is 11.3 Å². The molecule has 1 aliphatic rings. The Bertz CT molecular complexity index is 4040. The number of benzene rings is 9. The van der Waals surface area contributed by atoms with Crippen LogP contribution in [0.2, 0.25) is 0 Å². The second-order valence-electron chi connectivity index (χ2n) is 19.7. The van der Waals surface area contributed by atoms with Gasteiger partial charge in [0.2, 0.25) is 0 Å². The third kappa shape index (κ3) is 8.14. The summed E-state index contributed by atoms with van der Waals surface area (Å²) in [6.07, 6.45) is 0. The highest BCUT2D eigenvalue weighted by Gasteiger charge is 2.51. The van der Waals surface area contributed by atoms with E-state index in [0.717, 1.165) is 71.9 Å². The number of thiophene rings is 1. The summed E-state index contributed by atoms with van der Waals surface area (Å²) in [6.45, 7) is 8.28. The van der Waals surface area contributed by atoms with Gasteiger partial charge in [-0.2, -0.15) is 0 Å². The minimum atomic E-state index is -0.529. The SMILES string of the molecule is CC1(C)OB(c2cccc(-c3nc(-c4ccccc4)nc(-c4cccc(-c5c6ccccc6c(-c6cccc(-c7nc(-c8ccccc8)nc(-c8ccccc8)n7)c6)c6c5sc5ccccc56)c4)n3)c2)OC1(C)C. The van der Waals surface area contributed by atoms with Crippen LogP contribution in [0.1, 0.15) is 27.7 Å². The van der Waals surface area contributed by atoms with E-state index in [1.54, 1.807) is 0 Å². The summed E-state index contributed by atoms with van der Waals surface area (Å²) in [6, 6.07) is 73.3. The van der Waals surface area contributed by atoms with Crippen molar-refractivity contribution in [3.8, 4) is 90.6 Å². The Morgan fingerprint density at radius 1 is 0.338 bits per heavy atom. The van der Waals surface area contributed by atoms with Crippen molar-refractivity contribution in [2.75, 3.05) is 0 Å². The maximum absolute atomic E-state index is 6.47. The molecule has 10 heteroatoms. The smallest absolute Gasteiger partial charge is 0.399 e. The van der Waals surface area contributed by atoms with Gasteiger partial charge < -0.3 is 9.31 Å². The van der Waals surface area contributed by atoms with E-state index in [2.05, 4.69) is 131 Å². The quantitative estimate of drug-likeness (QED) is 0.132. The van der Waals surface area contributed by atoms with Gasteiger partial charge in [-0.3, -0.25) is 0 Å². The number of fused-ring (bicyclic) bond motifs is 4. The lowest BCUT2D eigenvalue weighted by atomic mass is 9.78. The van der Waals surface area contributed by atoms with Gasteiger partial charge in [-0.05, 0) is 78.8 Å². The molecule has 0 bridgehead atoms. The molecule has 4 heterocycles. The Balaban J connectivity index is 0.968. The van der Waals surface area contributed by atoms with Crippen molar-refractivity contribution in [1.29, 1.82) is 0 Å². The number of hydrogen-bond acceptors (Lipinski definition) is 9. The normalized spacial score (nSPS) is 14.0. The van der Waals surface area contributed by atoms with Crippen LogP contribution in [-0.4, -0.2) is 48.2 Å². The summed E-state index contributed by atoms with van der Waals surface area (Å²) in [7, 11) is -0.529. The van der Waals surface area contributed by atoms with Gasteiger partial charge in [-0.1, -0.05) is 194 Å². The lowest BCUT2D eigenvalue weighted by molar-refractivity contribution is 0.00578. The molecule has 0 aliphatic carbocycles. The zero-order chi connectivity index (χ0) is 50.0. The van der Waals surface area contributed by atoms with Crippen LogP contribution in [0.5, 0.6) is 0 Å². The first-order valence-electron chi connectivity index (χ1n) is 24.9. The Hall–Kier alpha value is -8.54. The van der Waals surface area contributed by atoms with Gasteiger partial charge in [0.25, 0.3) is 0 Å². The van der Waals surface area contributed by atoms with Crippen molar-refractivity contribution in [2.45, 2.75) is 38.9 Å². The van der Waals surface area contributed by atoms with Gasteiger partial charge >= 0.3 is 7.12 Å². The molecule has 0 N–H and O–H groups in total. The van der Waals surface area contributed by atoms with Crippen molar-refractivity contribution in [2.24, 2.45) is 0 Å². The predicted octanol–water partition coefficient (Wildman–Crippen LogP) is 15.2. The van der Waals surface area contributed by atoms with E-state index in [-0.39, 0.29) is 0 Å². The number of rotatable bonds is 9. The molecule has 1 saturated heterocycles. The molecule has 0 radical (unpaired) electrons. The van der Waals surface area contributed by atoms with E-state index in [1.807, 2.05) is 121 Å². The highest BCUT2D eigenvalue weighted by molar-refractivity contribution is 7.26. The van der Waals surface area contributed by atoms with Crippen molar-refractivity contribution < 1.29 is 9.31 Å². The average Bonchev–Trinajstić information content (AvgIpc) is 3.94. The molecule has 0 amide bonds. The van der Waals surface area contributed by atoms with Gasteiger partial charge in [0, 0.05) is 59.1 Å². The Kier molecular flexibility index (Phi) is 11.1. The van der Waals surface area contributed by atoms with Crippen LogP contribution in [0.3, 0.4) is 0 Å². The van der Waals surface area contributed by atoms with E-state index in [4.69, 9.17) is 39.2 Å².